The van der Waals surface area contributed by atoms with Crippen molar-refractivity contribution in [3.05, 3.63) is 41.0 Å². The molecule has 0 bridgehead atoms. The molecular weight excluding hydrogens is 404 g/mol. The van der Waals surface area contributed by atoms with Gasteiger partial charge in [0, 0.05) is 13.6 Å². The van der Waals surface area contributed by atoms with Gasteiger partial charge >= 0.3 is 0 Å². The highest BCUT2D eigenvalue weighted by Crippen LogP contribution is 2.45. The first kappa shape index (κ1) is 21.8. The van der Waals surface area contributed by atoms with Crippen LogP contribution in [-0.4, -0.2) is 59.2 Å². The number of thiocarbonyl (C=S) groups is 1. The van der Waals surface area contributed by atoms with Gasteiger partial charge in [0.25, 0.3) is 0 Å². The van der Waals surface area contributed by atoms with Gasteiger partial charge in [-0.3, -0.25) is 0 Å². The Morgan fingerprint density at radius 1 is 0.867 bits per heavy atom. The van der Waals surface area contributed by atoms with Crippen molar-refractivity contribution in [2.45, 2.75) is 12.5 Å². The third kappa shape index (κ3) is 3.79. The van der Waals surface area contributed by atoms with E-state index in [4.69, 9.17) is 35.9 Å². The van der Waals surface area contributed by atoms with E-state index in [-0.39, 0.29) is 6.04 Å². The summed E-state index contributed by atoms with van der Waals surface area (Å²) in [6, 6.07) is 7.82. The molecule has 0 fully saturated rings. The summed E-state index contributed by atoms with van der Waals surface area (Å²) in [6.07, 6.45) is 0.832. The van der Waals surface area contributed by atoms with E-state index >= 15 is 0 Å². The van der Waals surface area contributed by atoms with Gasteiger partial charge in [-0.15, -0.1) is 0 Å². The molecule has 0 spiro atoms. The molecule has 7 nitrogen and oxygen atoms in total. The molecule has 1 atom stereocenters. The summed E-state index contributed by atoms with van der Waals surface area (Å²) in [4.78, 5) is 2.16. The smallest absolute Gasteiger partial charge is 0.203 e. The van der Waals surface area contributed by atoms with E-state index < -0.39 is 0 Å². The Balaban J connectivity index is 2.25. The molecule has 1 N–H and O–H groups in total. The fourth-order valence-electron chi connectivity index (χ4n) is 3.93. The molecule has 1 aliphatic rings. The lowest BCUT2D eigenvalue weighted by Gasteiger charge is -2.39. The molecule has 1 aliphatic heterocycles. The molecule has 0 aliphatic carbocycles. The van der Waals surface area contributed by atoms with E-state index in [1.165, 1.54) is 5.56 Å². The van der Waals surface area contributed by atoms with Gasteiger partial charge in [0.2, 0.25) is 5.75 Å². The Kier molecular flexibility index (Phi) is 6.77. The molecule has 0 radical (unpaired) electrons. The molecule has 0 saturated heterocycles. The van der Waals surface area contributed by atoms with Crippen LogP contribution >= 0.6 is 12.2 Å². The summed E-state index contributed by atoms with van der Waals surface area (Å²) in [5.41, 5.74) is 3.24. The zero-order chi connectivity index (χ0) is 21.8. The highest BCUT2D eigenvalue weighted by atomic mass is 32.1. The monoisotopic (exact) mass is 432 g/mol. The molecule has 2 aromatic rings. The molecule has 8 heteroatoms. The number of fused-ring (bicyclic) bond motifs is 1. The van der Waals surface area contributed by atoms with Crippen molar-refractivity contribution in [1.82, 2.24) is 10.2 Å². The molecule has 3 rings (SSSR count). The maximum Gasteiger partial charge on any atom is 0.203 e. The van der Waals surface area contributed by atoms with Crippen molar-refractivity contribution in [1.29, 1.82) is 0 Å². The number of benzene rings is 2. The third-order valence-corrected chi connectivity index (χ3v) is 5.79. The standard InChI is InChI=1S/C22H28N2O5S/c1-23-22(30)24-8-7-13-9-16(25-2)17(26-3)12-15(13)20(24)14-10-18(27-4)21(29-6)19(11-14)28-5/h9-12,20H,7-8H2,1-6H3,(H,23,30)/t20-/m0/s1. The lowest BCUT2D eigenvalue weighted by molar-refractivity contribution is 0.312. The number of hydrogen-bond donors (Lipinski definition) is 1. The van der Waals surface area contributed by atoms with Gasteiger partial charge in [-0.05, 0) is 59.6 Å². The molecule has 0 unspecified atom stereocenters. The van der Waals surface area contributed by atoms with Crippen LogP contribution < -0.4 is 29.0 Å². The Hall–Kier alpha value is -2.87. The average Bonchev–Trinajstić information content (AvgIpc) is 2.80. The summed E-state index contributed by atoms with van der Waals surface area (Å²) in [6.45, 7) is 0.753. The number of rotatable bonds is 6. The SMILES string of the molecule is CNC(=S)N1CCc2cc(OC)c(OC)cc2[C@@H]1c1cc(OC)c(OC)c(OC)c1. The predicted octanol–water partition coefficient (Wildman–Crippen LogP) is 3.18. The van der Waals surface area contributed by atoms with Gasteiger partial charge in [-0.2, -0.15) is 0 Å². The van der Waals surface area contributed by atoms with Crippen molar-refractivity contribution in [2.75, 3.05) is 49.1 Å². The van der Waals surface area contributed by atoms with Crippen LogP contribution in [0.15, 0.2) is 24.3 Å². The first-order valence-corrected chi connectivity index (χ1v) is 9.96. The van der Waals surface area contributed by atoms with Crippen LogP contribution in [0.25, 0.3) is 0 Å². The summed E-state index contributed by atoms with van der Waals surface area (Å²) in [5.74, 6) is 3.12. The minimum absolute atomic E-state index is 0.165. The Labute approximate surface area is 182 Å². The highest BCUT2D eigenvalue weighted by Gasteiger charge is 2.33. The molecule has 1 heterocycles. The molecular formula is C22H28N2O5S. The second kappa shape index (κ2) is 9.30. The van der Waals surface area contributed by atoms with E-state index in [9.17, 15) is 0 Å². The summed E-state index contributed by atoms with van der Waals surface area (Å²) in [7, 11) is 9.93. The van der Waals surface area contributed by atoms with E-state index in [1.54, 1.807) is 35.5 Å². The van der Waals surface area contributed by atoms with Crippen molar-refractivity contribution < 1.29 is 23.7 Å². The second-order valence-electron chi connectivity index (χ2n) is 6.77. The number of nitrogens with one attached hydrogen (secondary N) is 1. The van der Waals surface area contributed by atoms with E-state index in [0.29, 0.717) is 33.9 Å². The lowest BCUT2D eigenvalue weighted by atomic mass is 9.87. The molecule has 0 amide bonds. The quantitative estimate of drug-likeness (QED) is 0.699. The topological polar surface area (TPSA) is 61.4 Å². The van der Waals surface area contributed by atoms with Crippen LogP contribution in [0.5, 0.6) is 28.7 Å². The van der Waals surface area contributed by atoms with Crippen molar-refractivity contribution in [3.8, 4) is 28.7 Å². The Bertz CT molecular complexity index is 909. The van der Waals surface area contributed by atoms with E-state index in [2.05, 4.69) is 10.2 Å². The Morgan fingerprint density at radius 2 is 1.43 bits per heavy atom. The van der Waals surface area contributed by atoms with Gasteiger partial charge in [0.15, 0.2) is 28.1 Å². The predicted molar refractivity (Wildman–Crippen MR) is 120 cm³/mol. The van der Waals surface area contributed by atoms with Gasteiger partial charge in [-0.25, -0.2) is 0 Å². The maximum atomic E-state index is 5.63. The van der Waals surface area contributed by atoms with Crippen molar-refractivity contribution in [2.24, 2.45) is 0 Å². The largest absolute Gasteiger partial charge is 0.493 e. The minimum atomic E-state index is -0.165. The molecule has 0 aromatic heterocycles. The third-order valence-electron chi connectivity index (χ3n) is 5.35. The minimum Gasteiger partial charge on any atom is -0.493 e. The average molecular weight is 433 g/mol. The zero-order valence-electron chi connectivity index (χ0n) is 18.2. The molecule has 162 valence electrons. The maximum absolute atomic E-state index is 5.63. The van der Waals surface area contributed by atoms with Crippen LogP contribution in [0, 0.1) is 0 Å². The van der Waals surface area contributed by atoms with Gasteiger partial charge in [0.05, 0.1) is 41.6 Å². The highest BCUT2D eigenvalue weighted by molar-refractivity contribution is 7.80. The Morgan fingerprint density at radius 3 is 1.93 bits per heavy atom. The van der Waals surface area contributed by atoms with Crippen LogP contribution in [-0.2, 0) is 6.42 Å². The van der Waals surface area contributed by atoms with Gasteiger partial charge in [0.1, 0.15) is 0 Å². The molecule has 0 saturated carbocycles. The van der Waals surface area contributed by atoms with Crippen molar-refractivity contribution >= 4 is 17.3 Å². The first-order chi connectivity index (χ1) is 14.5. The van der Waals surface area contributed by atoms with Gasteiger partial charge in [-0.1, -0.05) is 0 Å². The van der Waals surface area contributed by atoms with Crippen LogP contribution in [0.2, 0.25) is 0 Å². The molecule has 2 aromatic carbocycles. The summed E-state index contributed by atoms with van der Waals surface area (Å²) < 4.78 is 27.7. The fraction of sp³-hybridized carbons (Fsp3) is 0.409. The van der Waals surface area contributed by atoms with Gasteiger partial charge < -0.3 is 33.9 Å². The van der Waals surface area contributed by atoms with Crippen LogP contribution in [0.3, 0.4) is 0 Å². The fourth-order valence-corrected chi connectivity index (χ4v) is 4.12. The van der Waals surface area contributed by atoms with E-state index in [1.807, 2.05) is 31.3 Å². The second-order valence-corrected chi connectivity index (χ2v) is 7.15. The number of nitrogens with zero attached hydrogens (tertiary/aromatic N) is 1. The zero-order valence-corrected chi connectivity index (χ0v) is 19.0. The van der Waals surface area contributed by atoms with Crippen LogP contribution in [0.1, 0.15) is 22.7 Å². The normalized spacial score (nSPS) is 15.1. The van der Waals surface area contributed by atoms with E-state index in [0.717, 1.165) is 24.1 Å². The number of ether oxygens (including phenoxy) is 5. The molecule has 30 heavy (non-hydrogen) atoms. The lowest BCUT2D eigenvalue weighted by Crippen LogP contribution is -2.44. The van der Waals surface area contributed by atoms with Crippen LogP contribution in [0.4, 0.5) is 0 Å². The number of hydrogen-bond acceptors (Lipinski definition) is 6. The number of methoxy groups -OCH3 is 5. The summed E-state index contributed by atoms with van der Waals surface area (Å²) in [5, 5.41) is 3.77. The van der Waals surface area contributed by atoms with Crippen molar-refractivity contribution in [3.63, 3.8) is 0 Å². The summed E-state index contributed by atoms with van der Waals surface area (Å²) >= 11 is 5.63. The first-order valence-electron chi connectivity index (χ1n) is 9.55.